The van der Waals surface area contributed by atoms with Crippen molar-refractivity contribution in [2.24, 2.45) is 5.41 Å². The average Bonchev–Trinajstić information content (AvgIpc) is 2.33. The van der Waals surface area contributed by atoms with Crippen molar-refractivity contribution in [1.82, 2.24) is 0 Å². The van der Waals surface area contributed by atoms with Gasteiger partial charge in [0.1, 0.15) is 12.0 Å². The highest BCUT2D eigenvalue weighted by Gasteiger charge is 2.35. The van der Waals surface area contributed by atoms with E-state index in [1.807, 2.05) is 0 Å². The first kappa shape index (κ1) is 17.9. The Hall–Kier alpha value is -1.11. The van der Waals surface area contributed by atoms with Crippen LogP contribution in [-0.2, 0) is 28.5 Å². The number of methoxy groups -OCH3 is 2. The molecule has 0 bridgehead atoms. The fourth-order valence-electron chi connectivity index (χ4n) is 1.37. The van der Waals surface area contributed by atoms with E-state index in [-0.39, 0.29) is 39.2 Å². The zero-order valence-electron chi connectivity index (χ0n) is 12.2. The topological polar surface area (TPSA) is 63.2 Å². The van der Waals surface area contributed by atoms with Crippen LogP contribution in [0.3, 0.4) is 0 Å². The molecule has 112 valence electrons. The lowest BCUT2D eigenvalue weighted by molar-refractivity contribution is -0.164. The van der Waals surface area contributed by atoms with Gasteiger partial charge in [0, 0.05) is 14.2 Å². The third-order valence-corrected chi connectivity index (χ3v) is 2.27. The van der Waals surface area contributed by atoms with Gasteiger partial charge >= 0.3 is 5.97 Å². The molecule has 0 aromatic carbocycles. The summed E-state index contributed by atoms with van der Waals surface area (Å²) < 4.78 is 25.2. The van der Waals surface area contributed by atoms with Gasteiger partial charge < -0.3 is 23.7 Å². The van der Waals surface area contributed by atoms with Gasteiger partial charge in [-0.15, -0.1) is 0 Å². The predicted octanol–water partition coefficient (Wildman–Crippen LogP) is 1.35. The Morgan fingerprint density at radius 1 is 1.11 bits per heavy atom. The Morgan fingerprint density at radius 2 is 1.68 bits per heavy atom. The maximum Gasteiger partial charge on any atom is 0.316 e. The van der Waals surface area contributed by atoms with Crippen molar-refractivity contribution in [3.63, 3.8) is 0 Å². The normalized spacial score (nSPS) is 11.2. The zero-order chi connectivity index (χ0) is 14.7. The first-order valence-electron chi connectivity index (χ1n) is 5.97. The lowest BCUT2D eigenvalue weighted by atomic mass is 9.93. The molecule has 6 nitrogen and oxygen atoms in total. The second-order valence-electron chi connectivity index (χ2n) is 4.44. The first-order valence-corrected chi connectivity index (χ1v) is 5.97. The summed E-state index contributed by atoms with van der Waals surface area (Å²) in [6.45, 7) is 8.00. The number of ether oxygens (including phenoxy) is 5. The monoisotopic (exact) mass is 276 g/mol. The standard InChI is InChI=1S/C13H24O6/c1-11(2)19-10-17-6-7-18-12(14)13(3,8-15-4)9-16-5/h1,6-10H2,2-5H3. The highest BCUT2D eigenvalue weighted by atomic mass is 16.7. The smallest absolute Gasteiger partial charge is 0.316 e. The molecular formula is C13H24O6. The van der Waals surface area contributed by atoms with Crippen LogP contribution in [0.15, 0.2) is 12.3 Å². The van der Waals surface area contributed by atoms with Crippen LogP contribution in [0.4, 0.5) is 0 Å². The van der Waals surface area contributed by atoms with Crippen molar-refractivity contribution in [2.45, 2.75) is 13.8 Å². The van der Waals surface area contributed by atoms with Crippen molar-refractivity contribution < 1.29 is 28.5 Å². The molecule has 0 unspecified atom stereocenters. The van der Waals surface area contributed by atoms with Gasteiger partial charge in [-0.05, 0) is 13.8 Å². The van der Waals surface area contributed by atoms with Crippen molar-refractivity contribution in [1.29, 1.82) is 0 Å². The van der Waals surface area contributed by atoms with Crippen LogP contribution in [0.2, 0.25) is 0 Å². The van der Waals surface area contributed by atoms with E-state index >= 15 is 0 Å². The average molecular weight is 276 g/mol. The van der Waals surface area contributed by atoms with E-state index in [4.69, 9.17) is 23.7 Å². The minimum absolute atomic E-state index is 0.0975. The molecule has 0 atom stereocenters. The minimum Gasteiger partial charge on any atom is -0.473 e. The largest absolute Gasteiger partial charge is 0.473 e. The molecule has 0 radical (unpaired) electrons. The molecule has 0 aromatic heterocycles. The Kier molecular flexibility index (Phi) is 9.20. The molecule has 0 saturated heterocycles. The highest BCUT2D eigenvalue weighted by molar-refractivity contribution is 5.76. The quantitative estimate of drug-likeness (QED) is 0.246. The third kappa shape index (κ3) is 7.81. The van der Waals surface area contributed by atoms with E-state index in [9.17, 15) is 4.79 Å². The summed E-state index contributed by atoms with van der Waals surface area (Å²) in [5.74, 6) is 0.199. The Labute approximate surface area is 114 Å². The zero-order valence-corrected chi connectivity index (χ0v) is 12.2. The first-order chi connectivity index (χ1) is 8.96. The van der Waals surface area contributed by atoms with Gasteiger partial charge in [0.25, 0.3) is 0 Å². The van der Waals surface area contributed by atoms with Crippen LogP contribution in [0.1, 0.15) is 13.8 Å². The lowest BCUT2D eigenvalue weighted by Crippen LogP contribution is -2.39. The van der Waals surface area contributed by atoms with Gasteiger partial charge in [-0.1, -0.05) is 6.58 Å². The van der Waals surface area contributed by atoms with Gasteiger partial charge in [-0.3, -0.25) is 4.79 Å². The molecule has 0 rings (SSSR count). The van der Waals surface area contributed by atoms with Crippen LogP contribution >= 0.6 is 0 Å². The number of carbonyl (C=O) groups is 1. The number of hydrogen-bond donors (Lipinski definition) is 0. The summed E-state index contributed by atoms with van der Waals surface area (Å²) in [4.78, 5) is 11.9. The van der Waals surface area contributed by atoms with E-state index in [1.54, 1.807) is 13.8 Å². The maximum atomic E-state index is 11.9. The molecular weight excluding hydrogens is 252 g/mol. The minimum atomic E-state index is -0.808. The number of allylic oxidation sites excluding steroid dienone is 1. The Balaban J connectivity index is 3.90. The van der Waals surface area contributed by atoms with Crippen LogP contribution < -0.4 is 0 Å². The van der Waals surface area contributed by atoms with Crippen LogP contribution in [0, 0.1) is 5.41 Å². The third-order valence-electron chi connectivity index (χ3n) is 2.27. The van der Waals surface area contributed by atoms with Crippen molar-refractivity contribution >= 4 is 5.97 Å². The van der Waals surface area contributed by atoms with Gasteiger partial charge in [-0.2, -0.15) is 0 Å². The summed E-state index contributed by atoms with van der Waals surface area (Å²) in [5, 5.41) is 0. The molecule has 0 aliphatic rings. The molecule has 6 heteroatoms. The number of hydrogen-bond acceptors (Lipinski definition) is 6. The fourth-order valence-corrected chi connectivity index (χ4v) is 1.37. The van der Waals surface area contributed by atoms with Gasteiger partial charge in [-0.25, -0.2) is 0 Å². The van der Waals surface area contributed by atoms with E-state index in [1.165, 1.54) is 14.2 Å². The molecule has 0 N–H and O–H groups in total. The van der Waals surface area contributed by atoms with Crippen LogP contribution in [-0.4, -0.2) is 53.4 Å². The lowest BCUT2D eigenvalue weighted by Gasteiger charge is -2.25. The van der Waals surface area contributed by atoms with E-state index in [0.29, 0.717) is 5.76 Å². The number of rotatable bonds is 11. The van der Waals surface area contributed by atoms with Crippen molar-refractivity contribution in [3.05, 3.63) is 12.3 Å². The Morgan fingerprint density at radius 3 is 2.16 bits per heavy atom. The molecule has 0 spiro atoms. The SMILES string of the molecule is C=C(C)OCOCCOC(=O)C(C)(COC)COC. The van der Waals surface area contributed by atoms with E-state index < -0.39 is 5.41 Å². The highest BCUT2D eigenvalue weighted by Crippen LogP contribution is 2.19. The summed E-state index contributed by atoms with van der Waals surface area (Å²) in [7, 11) is 3.05. The summed E-state index contributed by atoms with van der Waals surface area (Å²) in [5.41, 5.74) is -0.808. The molecule has 19 heavy (non-hydrogen) atoms. The summed E-state index contributed by atoms with van der Waals surface area (Å²) >= 11 is 0. The number of carbonyl (C=O) groups excluding carboxylic acids is 1. The molecule has 0 aliphatic heterocycles. The molecule has 0 aromatic rings. The van der Waals surface area contributed by atoms with Gasteiger partial charge in [0.2, 0.25) is 0 Å². The Bertz CT molecular complexity index is 270. The molecule has 0 fully saturated rings. The second kappa shape index (κ2) is 9.77. The van der Waals surface area contributed by atoms with E-state index in [2.05, 4.69) is 6.58 Å². The van der Waals surface area contributed by atoms with Gasteiger partial charge in [0.15, 0.2) is 6.79 Å². The van der Waals surface area contributed by atoms with Crippen molar-refractivity contribution in [2.75, 3.05) is 47.4 Å². The van der Waals surface area contributed by atoms with E-state index in [0.717, 1.165) is 0 Å². The molecule has 0 heterocycles. The molecule has 0 amide bonds. The molecule has 0 saturated carbocycles. The maximum absolute atomic E-state index is 11.9. The van der Waals surface area contributed by atoms with Crippen LogP contribution in [0.5, 0.6) is 0 Å². The second-order valence-corrected chi connectivity index (χ2v) is 4.44. The molecule has 0 aliphatic carbocycles. The predicted molar refractivity (Wildman–Crippen MR) is 69.5 cm³/mol. The number of esters is 1. The summed E-state index contributed by atoms with van der Waals surface area (Å²) in [6.07, 6.45) is 0. The van der Waals surface area contributed by atoms with Gasteiger partial charge in [0.05, 0.1) is 25.6 Å². The fraction of sp³-hybridized carbons (Fsp3) is 0.769. The van der Waals surface area contributed by atoms with Crippen LogP contribution in [0.25, 0.3) is 0 Å². The van der Waals surface area contributed by atoms with Crippen molar-refractivity contribution in [3.8, 4) is 0 Å². The summed E-state index contributed by atoms with van der Waals surface area (Å²) in [6, 6.07) is 0.